The SMILES string of the molecule is O=C(NC(=O)c1cccc2ccccc12)NC(=S)c1cccc2ccccc12. The molecule has 5 heteroatoms. The molecule has 0 spiro atoms. The number of urea groups is 1. The van der Waals surface area contributed by atoms with Crippen molar-refractivity contribution >= 4 is 50.7 Å². The zero-order valence-corrected chi connectivity index (χ0v) is 15.6. The van der Waals surface area contributed by atoms with Crippen LogP contribution in [0.15, 0.2) is 84.9 Å². The van der Waals surface area contributed by atoms with Gasteiger partial charge in [-0.1, -0.05) is 91.1 Å². The maximum Gasteiger partial charge on any atom is 0.326 e. The lowest BCUT2D eigenvalue weighted by atomic mass is 10.0. The lowest BCUT2D eigenvalue weighted by Gasteiger charge is -2.11. The van der Waals surface area contributed by atoms with Crippen LogP contribution in [0.4, 0.5) is 4.79 Å². The van der Waals surface area contributed by atoms with Crippen molar-refractivity contribution in [1.82, 2.24) is 10.6 Å². The minimum absolute atomic E-state index is 0.264. The molecule has 4 aromatic rings. The van der Waals surface area contributed by atoms with Gasteiger partial charge < -0.3 is 0 Å². The summed E-state index contributed by atoms with van der Waals surface area (Å²) in [5, 5.41) is 8.64. The van der Waals surface area contributed by atoms with Crippen LogP contribution in [0.5, 0.6) is 0 Å². The molecule has 0 bridgehead atoms. The van der Waals surface area contributed by atoms with Gasteiger partial charge >= 0.3 is 6.03 Å². The Morgan fingerprint density at radius 3 is 1.75 bits per heavy atom. The van der Waals surface area contributed by atoms with E-state index in [0.29, 0.717) is 5.56 Å². The van der Waals surface area contributed by atoms with Gasteiger partial charge in [0.1, 0.15) is 4.99 Å². The van der Waals surface area contributed by atoms with Crippen molar-refractivity contribution in [1.29, 1.82) is 0 Å². The van der Waals surface area contributed by atoms with Gasteiger partial charge in [-0.05, 0) is 27.6 Å². The highest BCUT2D eigenvalue weighted by atomic mass is 32.1. The minimum atomic E-state index is -0.657. The molecule has 0 unspecified atom stereocenters. The maximum absolute atomic E-state index is 12.6. The molecule has 0 aliphatic heterocycles. The molecule has 0 aromatic heterocycles. The Hall–Kier alpha value is -3.57. The summed E-state index contributed by atoms with van der Waals surface area (Å²) >= 11 is 5.39. The summed E-state index contributed by atoms with van der Waals surface area (Å²) in [7, 11) is 0. The van der Waals surface area contributed by atoms with E-state index in [9.17, 15) is 9.59 Å². The average Bonchev–Trinajstić information content (AvgIpc) is 2.72. The van der Waals surface area contributed by atoms with Gasteiger partial charge in [-0.25, -0.2) is 4.79 Å². The number of carbonyl (C=O) groups is 2. The van der Waals surface area contributed by atoms with Crippen LogP contribution in [0.1, 0.15) is 15.9 Å². The van der Waals surface area contributed by atoms with E-state index in [-0.39, 0.29) is 4.99 Å². The van der Waals surface area contributed by atoms with Crippen molar-refractivity contribution in [2.75, 3.05) is 0 Å². The van der Waals surface area contributed by atoms with Gasteiger partial charge in [-0.15, -0.1) is 0 Å². The van der Waals surface area contributed by atoms with E-state index in [1.54, 1.807) is 12.1 Å². The van der Waals surface area contributed by atoms with E-state index in [1.165, 1.54) is 0 Å². The quantitative estimate of drug-likeness (QED) is 0.488. The molecule has 4 nitrogen and oxygen atoms in total. The Kier molecular flexibility index (Phi) is 4.83. The van der Waals surface area contributed by atoms with Gasteiger partial charge in [0.15, 0.2) is 0 Å². The van der Waals surface area contributed by atoms with Gasteiger partial charge in [-0.2, -0.15) is 0 Å². The first-order chi connectivity index (χ1) is 13.6. The fourth-order valence-corrected chi connectivity index (χ4v) is 3.49. The summed E-state index contributed by atoms with van der Waals surface area (Å²) in [6, 6.07) is 25.7. The zero-order chi connectivity index (χ0) is 19.5. The molecule has 0 fully saturated rings. The van der Waals surface area contributed by atoms with Crippen LogP contribution < -0.4 is 10.6 Å². The molecule has 28 heavy (non-hydrogen) atoms. The Balaban J connectivity index is 1.52. The van der Waals surface area contributed by atoms with Gasteiger partial charge in [0.2, 0.25) is 0 Å². The molecule has 136 valence electrons. The third-order valence-corrected chi connectivity index (χ3v) is 4.84. The predicted octanol–water partition coefficient (Wildman–Crippen LogP) is 4.81. The van der Waals surface area contributed by atoms with Crippen molar-refractivity contribution in [3.05, 3.63) is 96.1 Å². The molecule has 0 saturated carbocycles. The molecule has 3 amide bonds. The molecule has 0 aliphatic rings. The van der Waals surface area contributed by atoms with Crippen LogP contribution in [0, 0.1) is 0 Å². The van der Waals surface area contributed by atoms with Crippen LogP contribution in [-0.4, -0.2) is 16.9 Å². The standard InChI is InChI=1S/C23H16N2O2S/c26-21(19-13-5-9-15-7-1-3-11-17(15)19)24-23(27)25-22(28)20-14-6-10-16-8-2-4-12-18(16)20/h1-14H,(H2,24,25,26,27,28). The van der Waals surface area contributed by atoms with E-state index in [2.05, 4.69) is 10.6 Å². The van der Waals surface area contributed by atoms with Crippen LogP contribution in [0.2, 0.25) is 0 Å². The van der Waals surface area contributed by atoms with Gasteiger partial charge in [-0.3, -0.25) is 15.4 Å². The summed E-state index contributed by atoms with van der Waals surface area (Å²) in [6.45, 7) is 0. The average molecular weight is 384 g/mol. The van der Waals surface area contributed by atoms with Crippen LogP contribution in [0.25, 0.3) is 21.5 Å². The number of carbonyl (C=O) groups excluding carboxylic acids is 2. The van der Waals surface area contributed by atoms with Crippen molar-refractivity contribution in [3.8, 4) is 0 Å². The van der Waals surface area contributed by atoms with Gasteiger partial charge in [0.05, 0.1) is 0 Å². The molecule has 4 rings (SSSR count). The van der Waals surface area contributed by atoms with E-state index < -0.39 is 11.9 Å². The summed E-state index contributed by atoms with van der Waals surface area (Å²) in [6.07, 6.45) is 0. The zero-order valence-electron chi connectivity index (χ0n) is 14.8. The summed E-state index contributed by atoms with van der Waals surface area (Å²) in [5.74, 6) is -0.477. The number of nitrogens with one attached hydrogen (secondary N) is 2. The van der Waals surface area contributed by atoms with Crippen molar-refractivity contribution < 1.29 is 9.59 Å². The van der Waals surface area contributed by atoms with Gasteiger partial charge in [0.25, 0.3) is 5.91 Å². The highest BCUT2D eigenvalue weighted by Crippen LogP contribution is 2.19. The van der Waals surface area contributed by atoms with Crippen molar-refractivity contribution in [2.45, 2.75) is 0 Å². The molecule has 0 atom stereocenters. The van der Waals surface area contributed by atoms with Gasteiger partial charge in [0, 0.05) is 11.1 Å². The van der Waals surface area contributed by atoms with E-state index in [4.69, 9.17) is 12.2 Å². The second kappa shape index (κ2) is 7.58. The molecule has 4 aromatic carbocycles. The van der Waals surface area contributed by atoms with Crippen LogP contribution in [0.3, 0.4) is 0 Å². The summed E-state index contributed by atoms with van der Waals surface area (Å²) < 4.78 is 0. The third-order valence-electron chi connectivity index (χ3n) is 4.52. The lowest BCUT2D eigenvalue weighted by Crippen LogP contribution is -2.42. The Bertz CT molecular complexity index is 1130. The fourth-order valence-electron chi connectivity index (χ4n) is 3.22. The second-order valence-electron chi connectivity index (χ2n) is 6.29. The highest BCUT2D eigenvalue weighted by Gasteiger charge is 2.15. The minimum Gasteiger partial charge on any atom is -0.298 e. The third kappa shape index (κ3) is 3.48. The first kappa shape index (κ1) is 17.8. The van der Waals surface area contributed by atoms with E-state index >= 15 is 0 Å². The summed E-state index contributed by atoms with van der Waals surface area (Å²) in [5.41, 5.74) is 1.17. The number of fused-ring (bicyclic) bond motifs is 2. The number of rotatable bonds is 2. The largest absolute Gasteiger partial charge is 0.326 e. The Labute approximate surface area is 167 Å². The normalized spacial score (nSPS) is 10.6. The smallest absolute Gasteiger partial charge is 0.298 e. The summed E-state index contributed by atoms with van der Waals surface area (Å²) in [4.78, 5) is 25.2. The fraction of sp³-hybridized carbons (Fsp3) is 0. The molecule has 0 radical (unpaired) electrons. The number of hydrogen-bond donors (Lipinski definition) is 2. The monoisotopic (exact) mass is 384 g/mol. The van der Waals surface area contributed by atoms with Crippen LogP contribution >= 0.6 is 12.2 Å². The number of amides is 3. The Morgan fingerprint density at radius 1 is 0.607 bits per heavy atom. The first-order valence-corrected chi connectivity index (χ1v) is 9.16. The van der Waals surface area contributed by atoms with Crippen molar-refractivity contribution in [2.24, 2.45) is 0 Å². The second-order valence-corrected chi connectivity index (χ2v) is 6.70. The predicted molar refractivity (Wildman–Crippen MR) is 116 cm³/mol. The molecule has 0 saturated heterocycles. The molecule has 2 N–H and O–H groups in total. The molecular formula is C23H16N2O2S. The number of hydrogen-bond acceptors (Lipinski definition) is 3. The van der Waals surface area contributed by atoms with Crippen molar-refractivity contribution in [3.63, 3.8) is 0 Å². The molecule has 0 aliphatic carbocycles. The number of benzene rings is 4. The number of thiocarbonyl (C=S) groups is 1. The maximum atomic E-state index is 12.6. The Morgan fingerprint density at radius 2 is 1.11 bits per heavy atom. The molecule has 0 heterocycles. The molecular weight excluding hydrogens is 368 g/mol. The van der Waals surface area contributed by atoms with E-state index in [1.807, 2.05) is 72.8 Å². The topological polar surface area (TPSA) is 58.2 Å². The van der Waals surface area contributed by atoms with E-state index in [0.717, 1.165) is 27.1 Å². The van der Waals surface area contributed by atoms with Crippen LogP contribution in [-0.2, 0) is 0 Å². The lowest BCUT2D eigenvalue weighted by molar-refractivity contribution is 0.0967. The first-order valence-electron chi connectivity index (χ1n) is 8.76. The highest BCUT2D eigenvalue weighted by molar-refractivity contribution is 7.80. The number of imide groups is 1.